The van der Waals surface area contributed by atoms with Gasteiger partial charge in [-0.05, 0) is 42.2 Å². The zero-order valence-corrected chi connectivity index (χ0v) is 27.8. The lowest BCUT2D eigenvalue weighted by Gasteiger charge is -2.43. The first kappa shape index (κ1) is 34.0. The van der Waals surface area contributed by atoms with Gasteiger partial charge in [-0.1, -0.05) is 75.4 Å². The van der Waals surface area contributed by atoms with Crippen molar-refractivity contribution < 1.29 is 27.2 Å². The van der Waals surface area contributed by atoms with Crippen LogP contribution in [0.3, 0.4) is 0 Å². The van der Waals surface area contributed by atoms with E-state index in [-0.39, 0.29) is 18.0 Å². The molecule has 0 aliphatic rings. The number of ether oxygens (including phenoxy) is 2. The van der Waals surface area contributed by atoms with Crippen molar-refractivity contribution in [2.75, 3.05) is 14.2 Å². The van der Waals surface area contributed by atoms with Gasteiger partial charge in [-0.3, -0.25) is 10.1 Å². The van der Waals surface area contributed by atoms with Gasteiger partial charge in [0.2, 0.25) is 0 Å². The molecule has 3 aromatic rings. The van der Waals surface area contributed by atoms with E-state index in [2.05, 4.69) is 40.4 Å². The number of sulfonamides is 1. The van der Waals surface area contributed by atoms with Gasteiger partial charge in [0, 0.05) is 24.2 Å². The summed E-state index contributed by atoms with van der Waals surface area (Å²) in [5.41, 5.74) is 0.925. The molecule has 0 aromatic heterocycles. The van der Waals surface area contributed by atoms with E-state index >= 15 is 0 Å². The van der Waals surface area contributed by atoms with Crippen molar-refractivity contribution in [3.05, 3.63) is 107 Å². The number of hydrogen-bond acceptors (Lipinski definition) is 7. The van der Waals surface area contributed by atoms with E-state index in [1.54, 1.807) is 24.3 Å². The normalized spacial score (nSPS) is 13.8. The highest BCUT2D eigenvalue weighted by Gasteiger charge is 2.44. The molecule has 232 valence electrons. The Balaban J connectivity index is 2.31. The summed E-state index contributed by atoms with van der Waals surface area (Å²) in [5, 5.41) is 11.8. The smallest absolute Gasteiger partial charge is 0.289 e. The predicted octanol–water partition coefficient (Wildman–Crippen LogP) is 6.99. The van der Waals surface area contributed by atoms with Crippen LogP contribution in [0.2, 0.25) is 18.1 Å². The van der Waals surface area contributed by atoms with Gasteiger partial charge in [0.05, 0.1) is 31.3 Å². The Morgan fingerprint density at radius 1 is 1.00 bits per heavy atom. The first-order valence-electron chi connectivity index (χ1n) is 14.0. The van der Waals surface area contributed by atoms with Gasteiger partial charge >= 0.3 is 0 Å². The Labute approximate surface area is 256 Å². The molecule has 3 aromatic carbocycles. The highest BCUT2D eigenvalue weighted by molar-refractivity contribution is 7.89. The first-order chi connectivity index (χ1) is 20.2. The molecule has 0 saturated carbocycles. The fraction of sp³-hybridized carbons (Fsp3) is 0.375. The Morgan fingerprint density at radius 3 is 2.19 bits per heavy atom. The summed E-state index contributed by atoms with van der Waals surface area (Å²) in [6.45, 7) is 14.4. The van der Waals surface area contributed by atoms with Crippen LogP contribution in [-0.2, 0) is 27.4 Å². The molecule has 0 fully saturated rings. The van der Waals surface area contributed by atoms with Crippen LogP contribution in [0.4, 0.5) is 5.69 Å². The van der Waals surface area contributed by atoms with E-state index < -0.39 is 46.0 Å². The minimum Gasteiger partial charge on any atom is -0.497 e. The topological polar surface area (TPSA) is 108 Å². The lowest BCUT2D eigenvalue weighted by atomic mass is 10.0. The Kier molecular flexibility index (Phi) is 10.9. The van der Waals surface area contributed by atoms with Crippen LogP contribution in [0.5, 0.6) is 11.5 Å². The molecular formula is C32H42N2O7SSi. The van der Waals surface area contributed by atoms with Gasteiger partial charge in [-0.2, -0.15) is 4.31 Å². The minimum atomic E-state index is -4.49. The van der Waals surface area contributed by atoms with Crippen LogP contribution < -0.4 is 9.47 Å². The molecule has 0 amide bonds. The largest absolute Gasteiger partial charge is 0.497 e. The number of nitro groups is 1. The summed E-state index contributed by atoms with van der Waals surface area (Å²) in [6, 6.07) is 19.2. The Bertz CT molecular complexity index is 1520. The van der Waals surface area contributed by atoms with Crippen molar-refractivity contribution in [3.8, 4) is 11.5 Å². The Hall–Kier alpha value is -3.51. The average Bonchev–Trinajstić information content (AvgIpc) is 2.97. The molecule has 0 bridgehead atoms. The number of para-hydroxylation sites is 1. The molecule has 43 heavy (non-hydrogen) atoms. The number of nitrogens with zero attached hydrogens (tertiary/aromatic N) is 2. The molecule has 0 spiro atoms. The van der Waals surface area contributed by atoms with E-state index in [0.29, 0.717) is 17.1 Å². The molecule has 3 rings (SSSR count). The monoisotopic (exact) mass is 626 g/mol. The maximum absolute atomic E-state index is 14.7. The molecule has 0 unspecified atom stereocenters. The molecule has 0 N–H and O–H groups in total. The van der Waals surface area contributed by atoms with Crippen LogP contribution in [-0.4, -0.2) is 52.3 Å². The van der Waals surface area contributed by atoms with Gasteiger partial charge < -0.3 is 13.9 Å². The summed E-state index contributed by atoms with van der Waals surface area (Å²) < 4.78 is 48.5. The second kappa shape index (κ2) is 13.9. The molecule has 2 atom stereocenters. The van der Waals surface area contributed by atoms with Crippen molar-refractivity contribution in [1.29, 1.82) is 0 Å². The third-order valence-corrected chi connectivity index (χ3v) is 14.4. The van der Waals surface area contributed by atoms with Crippen molar-refractivity contribution >= 4 is 24.0 Å². The van der Waals surface area contributed by atoms with Crippen molar-refractivity contribution in [3.63, 3.8) is 0 Å². The first-order valence-corrected chi connectivity index (χ1v) is 18.3. The maximum Gasteiger partial charge on any atom is 0.289 e. The molecule has 0 heterocycles. The fourth-order valence-electron chi connectivity index (χ4n) is 4.52. The standard InChI is InChI=1S/C32H42N2O7SSi/c1-9-29(41-43(7,8)32(2,3)4)28(21-24-15-11-10-12-16-24)33(23-25-19-20-26(39-5)22-30(25)40-6)42(37,38)31-18-14-13-17-27(31)34(35)36/h9-20,22,28-29H,1,21,23H2,2-8H3/t28-,29-/m0/s1. The molecular weight excluding hydrogens is 585 g/mol. The molecule has 0 aliphatic carbocycles. The van der Waals surface area contributed by atoms with Gasteiger partial charge in [-0.15, -0.1) is 6.58 Å². The second-order valence-corrected chi connectivity index (χ2v) is 18.4. The second-order valence-electron chi connectivity index (χ2n) is 11.8. The molecule has 0 saturated heterocycles. The van der Waals surface area contributed by atoms with E-state index in [9.17, 15) is 18.5 Å². The lowest BCUT2D eigenvalue weighted by molar-refractivity contribution is -0.387. The van der Waals surface area contributed by atoms with Crippen molar-refractivity contribution in [2.24, 2.45) is 0 Å². The highest BCUT2D eigenvalue weighted by Crippen LogP contribution is 2.40. The summed E-state index contributed by atoms with van der Waals surface area (Å²) in [6.07, 6.45) is 1.18. The number of benzene rings is 3. The zero-order chi connectivity index (χ0) is 32.0. The molecule has 11 heteroatoms. The number of rotatable bonds is 14. The lowest BCUT2D eigenvalue weighted by Crippen LogP contribution is -2.53. The highest BCUT2D eigenvalue weighted by atomic mass is 32.2. The summed E-state index contributed by atoms with van der Waals surface area (Å²) in [4.78, 5) is 10.9. The van der Waals surface area contributed by atoms with Crippen molar-refractivity contribution in [1.82, 2.24) is 4.31 Å². The van der Waals surface area contributed by atoms with Crippen LogP contribution in [0.25, 0.3) is 0 Å². The SMILES string of the molecule is C=C[C@H](O[Si](C)(C)C(C)(C)C)[C@H](Cc1ccccc1)N(Cc1ccc(OC)cc1OC)S(=O)(=O)c1ccccc1[N+](=O)[O-]. The summed E-state index contributed by atoms with van der Waals surface area (Å²) >= 11 is 0. The summed E-state index contributed by atoms with van der Waals surface area (Å²) in [7, 11) is -3.91. The van der Waals surface area contributed by atoms with E-state index in [1.807, 2.05) is 30.3 Å². The van der Waals surface area contributed by atoms with Crippen molar-refractivity contribution in [2.45, 2.75) is 68.9 Å². The molecule has 9 nitrogen and oxygen atoms in total. The van der Waals surface area contributed by atoms with Crippen LogP contribution in [0.15, 0.2) is 90.3 Å². The predicted molar refractivity (Wildman–Crippen MR) is 172 cm³/mol. The minimum absolute atomic E-state index is 0.149. The molecule has 0 radical (unpaired) electrons. The summed E-state index contributed by atoms with van der Waals surface area (Å²) in [5.74, 6) is 0.959. The van der Waals surface area contributed by atoms with Gasteiger partial charge in [0.25, 0.3) is 15.7 Å². The van der Waals surface area contributed by atoms with Crippen LogP contribution >= 0.6 is 0 Å². The fourth-order valence-corrected chi connectivity index (χ4v) is 7.58. The Morgan fingerprint density at radius 2 is 1.63 bits per heavy atom. The quantitative estimate of drug-likeness (QED) is 0.0821. The van der Waals surface area contributed by atoms with E-state index in [1.165, 1.54) is 42.8 Å². The number of nitro benzene ring substituents is 1. The van der Waals surface area contributed by atoms with Gasteiger partial charge in [-0.25, -0.2) is 8.42 Å². The van der Waals surface area contributed by atoms with E-state index in [0.717, 1.165) is 5.56 Å². The average molecular weight is 627 g/mol. The van der Waals surface area contributed by atoms with Crippen LogP contribution in [0.1, 0.15) is 31.9 Å². The third-order valence-electron chi connectivity index (χ3n) is 7.98. The zero-order valence-electron chi connectivity index (χ0n) is 25.9. The van der Waals surface area contributed by atoms with Gasteiger partial charge in [0.1, 0.15) is 11.5 Å². The number of hydrogen-bond donors (Lipinski definition) is 0. The van der Waals surface area contributed by atoms with E-state index in [4.69, 9.17) is 13.9 Å². The maximum atomic E-state index is 14.7. The van der Waals surface area contributed by atoms with Crippen LogP contribution in [0, 0.1) is 10.1 Å². The third kappa shape index (κ3) is 7.91. The number of methoxy groups -OCH3 is 2. The van der Waals surface area contributed by atoms with Gasteiger partial charge in [0.15, 0.2) is 13.2 Å². The molecule has 0 aliphatic heterocycles.